The first-order valence-corrected chi connectivity index (χ1v) is 4.95. The van der Waals surface area contributed by atoms with Crippen molar-refractivity contribution in [2.24, 2.45) is 0 Å². The molecule has 1 fully saturated rings. The Morgan fingerprint density at radius 3 is 3.10 bits per heavy atom. The van der Waals surface area contributed by atoms with E-state index in [1.807, 2.05) is 0 Å². The first-order chi connectivity index (χ1) is 4.77. The van der Waals surface area contributed by atoms with Gasteiger partial charge in [-0.15, -0.1) is 12.6 Å². The average molecular weight is 179 g/mol. The molecular weight excluding hydrogens is 166 g/mol. The lowest BCUT2D eigenvalue weighted by Gasteiger charge is -2.21. The van der Waals surface area contributed by atoms with Crippen LogP contribution in [-0.4, -0.2) is 23.3 Å². The van der Waals surface area contributed by atoms with Crippen molar-refractivity contribution in [3.05, 3.63) is 0 Å². The molecule has 0 aromatic heterocycles. The fraction of sp³-hybridized carbons (Fsp3) is 1.00. The third kappa shape index (κ3) is 2.34. The molecule has 0 radical (unpaired) electrons. The van der Waals surface area contributed by atoms with Crippen LogP contribution in [0.3, 0.4) is 0 Å². The molecule has 60 valence electrons. The summed E-state index contributed by atoms with van der Waals surface area (Å²) in [6.45, 7) is 3.87. The fourth-order valence-corrected chi connectivity index (χ4v) is 2.11. The van der Waals surface area contributed by atoms with E-state index in [9.17, 15) is 0 Å². The lowest BCUT2D eigenvalue weighted by atomic mass is 10.5. The first kappa shape index (κ1) is 8.71. The minimum atomic E-state index is -0.393. The largest absolute Gasteiger partial charge is 0.343 e. The highest BCUT2D eigenvalue weighted by Crippen LogP contribution is 2.31. The second-order valence-electron chi connectivity index (χ2n) is 2.21. The molecule has 0 amide bonds. The Morgan fingerprint density at radius 2 is 2.60 bits per heavy atom. The first-order valence-electron chi connectivity index (χ1n) is 3.52. The van der Waals surface area contributed by atoms with Gasteiger partial charge < -0.3 is 4.74 Å². The van der Waals surface area contributed by atoms with Gasteiger partial charge in [0.25, 0.3) is 0 Å². The van der Waals surface area contributed by atoms with Crippen LogP contribution in [0, 0.1) is 0 Å². The summed E-state index contributed by atoms with van der Waals surface area (Å²) < 4.78 is 5.06. The van der Waals surface area contributed by atoms with E-state index >= 15 is 0 Å². The molecule has 1 unspecified atom stereocenters. The Kier molecular flexibility index (Phi) is 3.36. The molecule has 1 aliphatic heterocycles. The summed E-state index contributed by atoms with van der Waals surface area (Å²) in [4.78, 5) is 0. The van der Waals surface area contributed by atoms with Gasteiger partial charge in [-0.25, -0.2) is 0 Å². The maximum absolute atomic E-state index is 5.46. The monoisotopic (exact) mass is 179 g/mol. The van der Waals surface area contributed by atoms with E-state index in [0.29, 0.717) is 0 Å². The van der Waals surface area contributed by atoms with Crippen LogP contribution in [0.4, 0.5) is 0 Å². The molecule has 0 aromatic carbocycles. The Bertz CT molecular complexity index is 104. The van der Waals surface area contributed by atoms with Crippen molar-refractivity contribution in [3.63, 3.8) is 0 Å². The Labute approximate surface area is 71.5 Å². The van der Waals surface area contributed by atoms with Crippen LogP contribution in [0.1, 0.15) is 13.3 Å². The maximum Gasteiger partial charge on any atom is 0.213 e. The normalized spacial score (nSPS) is 33.0. The quantitative estimate of drug-likeness (QED) is 0.503. The van der Waals surface area contributed by atoms with Gasteiger partial charge in [-0.05, 0) is 6.42 Å². The zero-order chi connectivity index (χ0) is 7.45. The van der Waals surface area contributed by atoms with Gasteiger partial charge in [0.15, 0.2) is 0 Å². The second-order valence-corrected chi connectivity index (χ2v) is 4.41. The van der Waals surface area contributed by atoms with Crippen molar-refractivity contribution in [2.45, 2.75) is 17.7 Å². The molecule has 1 heterocycles. The Morgan fingerprint density at radius 1 is 1.80 bits per heavy atom. The molecule has 1 N–H and O–H groups in total. The number of thiol groups is 1. The van der Waals surface area contributed by atoms with E-state index in [4.69, 9.17) is 4.74 Å². The lowest BCUT2D eigenvalue weighted by Crippen LogP contribution is -2.34. The van der Waals surface area contributed by atoms with Crippen LogP contribution in [-0.2, 0) is 4.74 Å². The number of hydrogen-bond acceptors (Lipinski definition) is 4. The predicted octanol–water partition coefficient (Wildman–Crippen LogP) is 1.29. The van der Waals surface area contributed by atoms with Crippen molar-refractivity contribution in [3.8, 4) is 0 Å². The SMILES string of the molecule is CCCOC1(S)NCCS1. The summed E-state index contributed by atoms with van der Waals surface area (Å²) >= 11 is 6.06. The Hall–Kier alpha value is 0.620. The molecule has 1 saturated heterocycles. The van der Waals surface area contributed by atoms with Gasteiger partial charge in [-0.2, -0.15) is 0 Å². The molecule has 2 nitrogen and oxygen atoms in total. The van der Waals surface area contributed by atoms with Crippen LogP contribution in [0.5, 0.6) is 0 Å². The van der Waals surface area contributed by atoms with Gasteiger partial charge in [0, 0.05) is 12.3 Å². The molecular formula is C6H13NOS2. The Balaban J connectivity index is 2.22. The van der Waals surface area contributed by atoms with Gasteiger partial charge in [0.2, 0.25) is 4.39 Å². The van der Waals surface area contributed by atoms with Crippen molar-refractivity contribution in [1.82, 2.24) is 5.32 Å². The molecule has 0 saturated carbocycles. The topological polar surface area (TPSA) is 21.3 Å². The highest BCUT2D eigenvalue weighted by atomic mass is 32.2. The standard InChI is InChI=1S/C6H13NOS2/c1-2-4-8-6(9)7-3-5-10-6/h7,9H,2-5H2,1H3. The van der Waals surface area contributed by atoms with Crippen LogP contribution in [0.2, 0.25) is 0 Å². The molecule has 10 heavy (non-hydrogen) atoms. The third-order valence-corrected chi connectivity index (χ3v) is 2.99. The average Bonchev–Trinajstić information content (AvgIpc) is 2.33. The maximum atomic E-state index is 5.46. The van der Waals surface area contributed by atoms with Gasteiger partial charge in [0.05, 0.1) is 6.61 Å². The van der Waals surface area contributed by atoms with Crippen LogP contribution >= 0.6 is 24.4 Å². The smallest absolute Gasteiger partial charge is 0.213 e. The van der Waals surface area contributed by atoms with Crippen molar-refractivity contribution >= 4 is 24.4 Å². The summed E-state index contributed by atoms with van der Waals surface area (Å²) in [5.41, 5.74) is 0. The van der Waals surface area contributed by atoms with Gasteiger partial charge in [-0.3, -0.25) is 5.32 Å². The summed E-state index contributed by atoms with van der Waals surface area (Å²) in [6, 6.07) is 0. The number of nitrogens with one attached hydrogen (secondary N) is 1. The zero-order valence-electron chi connectivity index (χ0n) is 6.09. The predicted molar refractivity (Wildman–Crippen MR) is 48.4 cm³/mol. The van der Waals surface area contributed by atoms with Crippen molar-refractivity contribution in [2.75, 3.05) is 18.9 Å². The molecule has 0 spiro atoms. The lowest BCUT2D eigenvalue weighted by molar-refractivity contribution is 0.0748. The summed E-state index contributed by atoms with van der Waals surface area (Å²) in [7, 11) is 0. The summed E-state index contributed by atoms with van der Waals surface area (Å²) in [5.74, 6) is 1.09. The fourth-order valence-electron chi connectivity index (χ4n) is 0.782. The van der Waals surface area contributed by atoms with Crippen molar-refractivity contribution in [1.29, 1.82) is 0 Å². The third-order valence-electron chi connectivity index (χ3n) is 1.25. The van der Waals surface area contributed by atoms with Crippen molar-refractivity contribution < 1.29 is 4.74 Å². The summed E-state index contributed by atoms with van der Waals surface area (Å²) in [5, 5.41) is 3.17. The van der Waals surface area contributed by atoms with E-state index in [0.717, 1.165) is 25.3 Å². The number of thioether (sulfide) groups is 1. The van der Waals surface area contributed by atoms with E-state index in [1.54, 1.807) is 11.8 Å². The van der Waals surface area contributed by atoms with Crippen LogP contribution in [0.25, 0.3) is 0 Å². The second kappa shape index (κ2) is 3.85. The highest BCUT2D eigenvalue weighted by Gasteiger charge is 2.30. The molecule has 1 rings (SSSR count). The van der Waals surface area contributed by atoms with Gasteiger partial charge in [0.1, 0.15) is 0 Å². The van der Waals surface area contributed by atoms with Gasteiger partial charge >= 0.3 is 0 Å². The number of rotatable bonds is 3. The molecule has 0 aromatic rings. The molecule has 0 bridgehead atoms. The number of hydrogen-bond donors (Lipinski definition) is 2. The minimum absolute atomic E-state index is 0.393. The molecule has 1 aliphatic rings. The minimum Gasteiger partial charge on any atom is -0.343 e. The molecule has 0 aliphatic carbocycles. The van der Waals surface area contributed by atoms with Crippen LogP contribution < -0.4 is 5.32 Å². The highest BCUT2D eigenvalue weighted by molar-refractivity contribution is 8.11. The van der Waals surface area contributed by atoms with E-state index in [2.05, 4.69) is 24.9 Å². The summed E-state index contributed by atoms with van der Waals surface area (Å²) in [6.07, 6.45) is 1.05. The van der Waals surface area contributed by atoms with Gasteiger partial charge in [-0.1, -0.05) is 18.7 Å². The number of ether oxygens (including phenoxy) is 1. The molecule has 4 heteroatoms. The van der Waals surface area contributed by atoms with E-state index in [1.165, 1.54) is 0 Å². The van der Waals surface area contributed by atoms with Crippen LogP contribution in [0.15, 0.2) is 0 Å². The zero-order valence-corrected chi connectivity index (χ0v) is 7.80. The van der Waals surface area contributed by atoms with E-state index < -0.39 is 4.39 Å². The molecule has 1 atom stereocenters. The van der Waals surface area contributed by atoms with E-state index in [-0.39, 0.29) is 0 Å².